The van der Waals surface area contributed by atoms with Gasteiger partial charge in [-0.15, -0.1) is 0 Å². The summed E-state index contributed by atoms with van der Waals surface area (Å²) in [7, 11) is 0. The third kappa shape index (κ3) is 3.13. The minimum Gasteiger partial charge on any atom is -0.478 e. The molecule has 0 fully saturated rings. The first-order chi connectivity index (χ1) is 7.33. The quantitative estimate of drug-likeness (QED) is 0.836. The van der Waals surface area contributed by atoms with E-state index in [1.807, 2.05) is 0 Å². The van der Waals surface area contributed by atoms with E-state index in [1.54, 1.807) is 0 Å². The highest BCUT2D eigenvalue weighted by Crippen LogP contribution is 2.28. The topological polar surface area (TPSA) is 37.3 Å². The maximum absolute atomic E-state index is 12.9. The largest absolute Gasteiger partial charge is 0.478 e. The number of halogens is 4. The van der Waals surface area contributed by atoms with E-state index in [2.05, 4.69) is 0 Å². The van der Waals surface area contributed by atoms with Crippen LogP contribution in [0.4, 0.5) is 13.2 Å². The van der Waals surface area contributed by atoms with Crippen LogP contribution in [-0.4, -0.2) is 22.6 Å². The second kappa shape index (κ2) is 4.74. The third-order valence-electron chi connectivity index (χ3n) is 1.96. The predicted molar refractivity (Wildman–Crippen MR) is 52.8 cm³/mol. The molecule has 0 amide bonds. The molecule has 0 bridgehead atoms. The summed E-state index contributed by atoms with van der Waals surface area (Å²) in [5.41, 5.74) is -2.65. The standard InChI is InChI=1S/C10H8ClF3O2/c11-9(12)10(13,14)5-6-1-3-7(4-2-6)8(15)16/h1-4,9H,5H2,(H,15,16). The molecular weight excluding hydrogens is 245 g/mol. The molecule has 88 valence electrons. The van der Waals surface area contributed by atoms with E-state index in [9.17, 15) is 18.0 Å². The molecule has 1 aromatic rings. The van der Waals surface area contributed by atoms with Gasteiger partial charge in [0.2, 0.25) is 5.63 Å². The van der Waals surface area contributed by atoms with Crippen LogP contribution in [0, 0.1) is 0 Å². The number of carboxylic acids is 1. The van der Waals surface area contributed by atoms with Crippen LogP contribution >= 0.6 is 11.6 Å². The van der Waals surface area contributed by atoms with Crippen molar-refractivity contribution in [1.82, 2.24) is 0 Å². The van der Waals surface area contributed by atoms with Gasteiger partial charge in [-0.25, -0.2) is 18.0 Å². The lowest BCUT2D eigenvalue weighted by Crippen LogP contribution is -2.28. The Morgan fingerprint density at radius 3 is 2.25 bits per heavy atom. The summed E-state index contributed by atoms with van der Waals surface area (Å²) in [4.78, 5) is 10.5. The number of carboxylic acid groups (broad SMARTS) is 1. The normalized spacial score (nSPS) is 13.5. The summed E-state index contributed by atoms with van der Waals surface area (Å²) in [6.45, 7) is 0. The van der Waals surface area contributed by atoms with Crippen LogP contribution in [0.15, 0.2) is 24.3 Å². The molecule has 0 saturated heterocycles. The number of alkyl halides is 4. The van der Waals surface area contributed by atoms with Gasteiger partial charge in [0.15, 0.2) is 0 Å². The Labute approximate surface area is 94.6 Å². The number of aromatic carboxylic acids is 1. The van der Waals surface area contributed by atoms with Gasteiger partial charge >= 0.3 is 5.97 Å². The van der Waals surface area contributed by atoms with Crippen LogP contribution in [0.1, 0.15) is 15.9 Å². The van der Waals surface area contributed by atoms with Gasteiger partial charge in [0, 0.05) is 6.42 Å². The Hall–Kier alpha value is -1.23. The van der Waals surface area contributed by atoms with Gasteiger partial charge in [0.25, 0.3) is 5.92 Å². The Bertz CT molecular complexity index is 376. The molecule has 1 rings (SSSR count). The minimum absolute atomic E-state index is 0.0188. The molecule has 0 aliphatic rings. The number of rotatable bonds is 4. The first kappa shape index (κ1) is 12.8. The third-order valence-corrected chi connectivity index (χ3v) is 2.28. The van der Waals surface area contributed by atoms with Crippen molar-refractivity contribution in [1.29, 1.82) is 0 Å². The van der Waals surface area contributed by atoms with Crippen molar-refractivity contribution in [3.05, 3.63) is 35.4 Å². The van der Waals surface area contributed by atoms with Crippen molar-refractivity contribution in [3.63, 3.8) is 0 Å². The average Bonchev–Trinajstić information content (AvgIpc) is 2.17. The lowest BCUT2D eigenvalue weighted by Gasteiger charge is -2.15. The molecule has 0 aliphatic heterocycles. The zero-order valence-electron chi connectivity index (χ0n) is 7.96. The van der Waals surface area contributed by atoms with Gasteiger partial charge in [-0.3, -0.25) is 0 Å². The van der Waals surface area contributed by atoms with Crippen LogP contribution in [-0.2, 0) is 6.42 Å². The molecule has 0 radical (unpaired) electrons. The van der Waals surface area contributed by atoms with Crippen LogP contribution < -0.4 is 0 Å². The predicted octanol–water partition coefficient (Wildman–Crippen LogP) is 3.10. The molecule has 0 saturated carbocycles. The van der Waals surface area contributed by atoms with Crippen molar-refractivity contribution >= 4 is 17.6 Å². The molecule has 0 heterocycles. The molecule has 1 atom stereocenters. The monoisotopic (exact) mass is 252 g/mol. The summed E-state index contributed by atoms with van der Waals surface area (Å²) in [6.07, 6.45) is -0.864. The van der Waals surface area contributed by atoms with Crippen molar-refractivity contribution in [2.75, 3.05) is 0 Å². The van der Waals surface area contributed by atoms with E-state index in [1.165, 1.54) is 24.3 Å². The molecule has 6 heteroatoms. The van der Waals surface area contributed by atoms with E-state index >= 15 is 0 Å². The fourth-order valence-corrected chi connectivity index (χ4v) is 1.19. The summed E-state index contributed by atoms with van der Waals surface area (Å²) in [5.74, 6) is -4.81. The number of carbonyl (C=O) groups is 1. The van der Waals surface area contributed by atoms with E-state index < -0.39 is 23.9 Å². The van der Waals surface area contributed by atoms with Gasteiger partial charge in [-0.1, -0.05) is 23.7 Å². The molecule has 1 aromatic carbocycles. The van der Waals surface area contributed by atoms with Gasteiger partial charge in [0.05, 0.1) is 5.56 Å². The maximum atomic E-state index is 12.9. The molecule has 1 N–H and O–H groups in total. The van der Waals surface area contributed by atoms with E-state index in [0.717, 1.165) is 0 Å². The van der Waals surface area contributed by atoms with Crippen molar-refractivity contribution < 1.29 is 23.1 Å². The Morgan fingerprint density at radius 1 is 1.38 bits per heavy atom. The Balaban J connectivity index is 2.80. The Morgan fingerprint density at radius 2 is 1.88 bits per heavy atom. The smallest absolute Gasteiger partial charge is 0.335 e. The number of hydrogen-bond donors (Lipinski definition) is 1. The zero-order valence-corrected chi connectivity index (χ0v) is 8.72. The first-order valence-corrected chi connectivity index (χ1v) is 4.75. The highest BCUT2D eigenvalue weighted by molar-refractivity contribution is 6.20. The number of benzene rings is 1. The summed E-state index contributed by atoms with van der Waals surface area (Å²) >= 11 is 4.69. The molecular formula is C10H8ClF3O2. The molecule has 1 unspecified atom stereocenters. The van der Waals surface area contributed by atoms with Gasteiger partial charge < -0.3 is 5.11 Å². The fraction of sp³-hybridized carbons (Fsp3) is 0.300. The van der Waals surface area contributed by atoms with Crippen molar-refractivity contribution in [2.45, 2.75) is 18.0 Å². The highest BCUT2D eigenvalue weighted by atomic mass is 35.5. The molecule has 16 heavy (non-hydrogen) atoms. The van der Waals surface area contributed by atoms with Crippen molar-refractivity contribution in [2.24, 2.45) is 0 Å². The Kier molecular flexibility index (Phi) is 3.80. The lowest BCUT2D eigenvalue weighted by atomic mass is 10.1. The van der Waals surface area contributed by atoms with Crippen LogP contribution in [0.25, 0.3) is 0 Å². The maximum Gasteiger partial charge on any atom is 0.335 e. The second-order valence-electron chi connectivity index (χ2n) is 3.24. The minimum atomic E-state index is -3.66. The summed E-state index contributed by atoms with van der Waals surface area (Å²) in [5, 5.41) is 8.57. The van der Waals surface area contributed by atoms with Crippen LogP contribution in [0.3, 0.4) is 0 Å². The van der Waals surface area contributed by atoms with Crippen LogP contribution in [0.2, 0.25) is 0 Å². The SMILES string of the molecule is O=C(O)c1ccc(CC(F)(F)C(F)Cl)cc1. The molecule has 2 nitrogen and oxygen atoms in total. The van der Waals surface area contributed by atoms with Gasteiger partial charge in [0.1, 0.15) is 0 Å². The zero-order chi connectivity index (χ0) is 12.3. The van der Waals surface area contributed by atoms with E-state index in [-0.39, 0.29) is 11.1 Å². The molecule has 0 aromatic heterocycles. The number of hydrogen-bond acceptors (Lipinski definition) is 1. The molecule has 0 aliphatic carbocycles. The molecule has 0 spiro atoms. The average molecular weight is 253 g/mol. The van der Waals surface area contributed by atoms with Crippen molar-refractivity contribution in [3.8, 4) is 0 Å². The lowest BCUT2D eigenvalue weighted by molar-refractivity contribution is -0.0393. The summed E-state index contributed by atoms with van der Waals surface area (Å²) in [6, 6.07) is 4.76. The van der Waals surface area contributed by atoms with E-state index in [4.69, 9.17) is 16.7 Å². The highest BCUT2D eigenvalue weighted by Gasteiger charge is 2.38. The van der Waals surface area contributed by atoms with Gasteiger partial charge in [-0.2, -0.15) is 0 Å². The van der Waals surface area contributed by atoms with E-state index in [0.29, 0.717) is 0 Å². The second-order valence-corrected chi connectivity index (χ2v) is 3.62. The van der Waals surface area contributed by atoms with Crippen LogP contribution in [0.5, 0.6) is 0 Å². The fourth-order valence-electron chi connectivity index (χ4n) is 1.11. The first-order valence-electron chi connectivity index (χ1n) is 4.31. The van der Waals surface area contributed by atoms with Gasteiger partial charge in [-0.05, 0) is 17.7 Å². The summed E-state index contributed by atoms with van der Waals surface area (Å²) < 4.78 is 38.0.